The van der Waals surface area contributed by atoms with Crippen molar-refractivity contribution in [1.29, 1.82) is 0 Å². The van der Waals surface area contributed by atoms with Crippen LogP contribution in [0, 0.1) is 13.8 Å². The molecule has 2 fully saturated rings. The van der Waals surface area contributed by atoms with Gasteiger partial charge in [-0.2, -0.15) is 0 Å². The molecule has 1 aliphatic heterocycles. The molecule has 1 saturated heterocycles. The topological polar surface area (TPSA) is 52.5 Å². The smallest absolute Gasteiger partial charge is 0.253 e. The Kier molecular flexibility index (Phi) is 3.81. The van der Waals surface area contributed by atoms with Gasteiger partial charge in [-0.1, -0.05) is 0 Å². The molecule has 0 spiro atoms. The summed E-state index contributed by atoms with van der Waals surface area (Å²) >= 11 is 0. The number of carbonyl (C=O) groups excluding carboxylic acids is 1. The second-order valence-corrected chi connectivity index (χ2v) is 5.66. The molecule has 1 atom stereocenters. The number of aromatic nitrogens is 1. The van der Waals surface area contributed by atoms with Crippen LogP contribution >= 0.6 is 0 Å². The van der Waals surface area contributed by atoms with Crippen molar-refractivity contribution in [2.75, 3.05) is 26.4 Å². The molecule has 1 aromatic rings. The molecule has 1 N–H and O–H groups in total. The summed E-state index contributed by atoms with van der Waals surface area (Å²) in [6, 6.07) is 2.59. The second-order valence-electron chi connectivity index (χ2n) is 5.66. The summed E-state index contributed by atoms with van der Waals surface area (Å²) in [5, 5.41) is 2.95. The first kappa shape index (κ1) is 13.6. The van der Waals surface area contributed by atoms with Gasteiger partial charge in [-0.15, -0.1) is 0 Å². The molecular weight excluding hydrogens is 256 g/mol. The van der Waals surface area contributed by atoms with Crippen molar-refractivity contribution in [2.45, 2.75) is 38.8 Å². The zero-order chi connectivity index (χ0) is 14.1. The van der Waals surface area contributed by atoms with E-state index in [4.69, 9.17) is 9.47 Å². The van der Waals surface area contributed by atoms with Gasteiger partial charge in [0.15, 0.2) is 0 Å². The van der Waals surface area contributed by atoms with Gasteiger partial charge in [-0.05, 0) is 32.8 Å². The summed E-state index contributed by atoms with van der Waals surface area (Å²) in [4.78, 5) is 12.3. The minimum absolute atomic E-state index is 0.0147. The van der Waals surface area contributed by atoms with E-state index in [-0.39, 0.29) is 12.0 Å². The van der Waals surface area contributed by atoms with E-state index in [0.29, 0.717) is 32.4 Å². The summed E-state index contributed by atoms with van der Waals surface area (Å²) in [7, 11) is 0. The molecule has 0 aromatic carbocycles. The number of ether oxygens (including phenoxy) is 2. The highest BCUT2D eigenvalue weighted by Gasteiger charge is 2.28. The standard InChI is InChI=1S/C15H22N2O3/c1-10-7-14(11(2)17(10)12-3-4-12)15(18)16-8-13-9-19-5-6-20-13/h7,12-13H,3-6,8-9H2,1-2H3,(H,16,18)/t13-/m1/s1. The van der Waals surface area contributed by atoms with E-state index in [0.717, 1.165) is 11.3 Å². The average molecular weight is 278 g/mol. The first-order chi connectivity index (χ1) is 9.66. The number of aryl methyl sites for hydroxylation is 1. The van der Waals surface area contributed by atoms with Crippen molar-refractivity contribution >= 4 is 5.91 Å². The monoisotopic (exact) mass is 278 g/mol. The van der Waals surface area contributed by atoms with Gasteiger partial charge in [0.25, 0.3) is 5.91 Å². The number of amides is 1. The van der Waals surface area contributed by atoms with Gasteiger partial charge in [0.1, 0.15) is 0 Å². The molecule has 1 saturated carbocycles. The Hall–Kier alpha value is -1.33. The van der Waals surface area contributed by atoms with Crippen molar-refractivity contribution in [1.82, 2.24) is 9.88 Å². The maximum atomic E-state index is 12.3. The molecule has 5 heteroatoms. The zero-order valence-corrected chi connectivity index (χ0v) is 12.1. The maximum absolute atomic E-state index is 12.3. The lowest BCUT2D eigenvalue weighted by Gasteiger charge is -2.23. The number of rotatable bonds is 4. The summed E-state index contributed by atoms with van der Waals surface area (Å²) in [5.74, 6) is -0.0147. The summed E-state index contributed by atoms with van der Waals surface area (Å²) in [6.45, 7) is 6.41. The number of hydrogen-bond donors (Lipinski definition) is 1. The molecule has 1 aromatic heterocycles. The lowest BCUT2D eigenvalue weighted by Crippen LogP contribution is -2.39. The van der Waals surface area contributed by atoms with Gasteiger partial charge in [-0.25, -0.2) is 0 Å². The first-order valence-electron chi connectivity index (χ1n) is 7.33. The summed E-state index contributed by atoms with van der Waals surface area (Å²) < 4.78 is 13.1. The molecule has 5 nitrogen and oxygen atoms in total. The molecule has 0 radical (unpaired) electrons. The Bertz CT molecular complexity index is 499. The molecule has 110 valence electrons. The van der Waals surface area contributed by atoms with Crippen LogP contribution in [-0.2, 0) is 9.47 Å². The fourth-order valence-electron chi connectivity index (χ4n) is 2.86. The molecule has 0 bridgehead atoms. The third kappa shape index (κ3) is 2.74. The highest BCUT2D eigenvalue weighted by molar-refractivity contribution is 5.95. The molecule has 2 aliphatic rings. The van der Waals surface area contributed by atoms with Crippen LogP contribution in [0.4, 0.5) is 0 Å². The SMILES string of the molecule is Cc1cc(C(=O)NC[C@@H]2COCCO2)c(C)n1C1CC1. The molecule has 1 aliphatic carbocycles. The van der Waals surface area contributed by atoms with Gasteiger partial charge in [0, 0.05) is 24.0 Å². The summed E-state index contributed by atoms with van der Waals surface area (Å²) in [6.07, 6.45) is 2.43. The van der Waals surface area contributed by atoms with E-state index in [1.165, 1.54) is 18.5 Å². The van der Waals surface area contributed by atoms with E-state index in [1.807, 2.05) is 13.0 Å². The Morgan fingerprint density at radius 3 is 2.85 bits per heavy atom. The van der Waals surface area contributed by atoms with Crippen LogP contribution in [0.25, 0.3) is 0 Å². The second kappa shape index (κ2) is 5.58. The van der Waals surface area contributed by atoms with Gasteiger partial charge < -0.3 is 19.4 Å². The van der Waals surface area contributed by atoms with Crippen molar-refractivity contribution in [3.63, 3.8) is 0 Å². The number of nitrogens with zero attached hydrogens (tertiary/aromatic N) is 1. The van der Waals surface area contributed by atoms with Crippen LogP contribution in [0.2, 0.25) is 0 Å². The first-order valence-corrected chi connectivity index (χ1v) is 7.33. The van der Waals surface area contributed by atoms with Crippen LogP contribution in [0.3, 0.4) is 0 Å². The largest absolute Gasteiger partial charge is 0.376 e. The average Bonchev–Trinajstić information content (AvgIpc) is 3.23. The summed E-state index contributed by atoms with van der Waals surface area (Å²) in [5.41, 5.74) is 3.03. The quantitative estimate of drug-likeness (QED) is 0.910. The Morgan fingerprint density at radius 1 is 1.40 bits per heavy atom. The Morgan fingerprint density at radius 2 is 2.20 bits per heavy atom. The van der Waals surface area contributed by atoms with Gasteiger partial charge >= 0.3 is 0 Å². The van der Waals surface area contributed by atoms with Crippen molar-refractivity contribution < 1.29 is 14.3 Å². The predicted octanol–water partition coefficient (Wildman–Crippen LogP) is 1.59. The van der Waals surface area contributed by atoms with Crippen LogP contribution in [0.1, 0.15) is 40.6 Å². The molecule has 2 heterocycles. The van der Waals surface area contributed by atoms with Gasteiger partial charge in [0.2, 0.25) is 0 Å². The van der Waals surface area contributed by atoms with Crippen LogP contribution < -0.4 is 5.32 Å². The van der Waals surface area contributed by atoms with E-state index in [2.05, 4.69) is 16.8 Å². The number of carbonyl (C=O) groups is 1. The van der Waals surface area contributed by atoms with E-state index in [9.17, 15) is 4.79 Å². The highest BCUT2D eigenvalue weighted by atomic mass is 16.6. The maximum Gasteiger partial charge on any atom is 0.253 e. The van der Waals surface area contributed by atoms with E-state index >= 15 is 0 Å². The number of hydrogen-bond acceptors (Lipinski definition) is 3. The van der Waals surface area contributed by atoms with Crippen molar-refractivity contribution in [3.8, 4) is 0 Å². The molecule has 3 rings (SSSR count). The fourth-order valence-corrected chi connectivity index (χ4v) is 2.86. The van der Waals surface area contributed by atoms with Crippen molar-refractivity contribution in [2.24, 2.45) is 0 Å². The normalized spacial score (nSPS) is 22.8. The number of nitrogens with one attached hydrogen (secondary N) is 1. The molecule has 20 heavy (non-hydrogen) atoms. The lowest BCUT2D eigenvalue weighted by atomic mass is 10.2. The van der Waals surface area contributed by atoms with Crippen molar-refractivity contribution in [3.05, 3.63) is 23.0 Å². The molecular formula is C15H22N2O3. The predicted molar refractivity (Wildman–Crippen MR) is 75.1 cm³/mol. The van der Waals surface area contributed by atoms with Crippen LogP contribution in [0.15, 0.2) is 6.07 Å². The third-order valence-corrected chi connectivity index (χ3v) is 4.02. The van der Waals surface area contributed by atoms with Crippen LogP contribution in [-0.4, -0.2) is 42.9 Å². The lowest BCUT2D eigenvalue weighted by molar-refractivity contribution is -0.0855. The minimum Gasteiger partial charge on any atom is -0.376 e. The van der Waals surface area contributed by atoms with Gasteiger partial charge in [0.05, 0.1) is 31.5 Å². The zero-order valence-electron chi connectivity index (χ0n) is 12.1. The fraction of sp³-hybridized carbons (Fsp3) is 0.667. The highest BCUT2D eigenvalue weighted by Crippen LogP contribution is 2.38. The Balaban J connectivity index is 1.63. The van der Waals surface area contributed by atoms with Crippen LogP contribution in [0.5, 0.6) is 0 Å². The Labute approximate surface area is 119 Å². The molecule has 0 unspecified atom stereocenters. The third-order valence-electron chi connectivity index (χ3n) is 4.02. The van der Waals surface area contributed by atoms with E-state index in [1.54, 1.807) is 0 Å². The minimum atomic E-state index is -0.0281. The molecule has 1 amide bonds. The van der Waals surface area contributed by atoms with E-state index < -0.39 is 0 Å². The van der Waals surface area contributed by atoms with Gasteiger partial charge in [-0.3, -0.25) is 4.79 Å².